The first-order valence-corrected chi connectivity index (χ1v) is 9.99. The van der Waals surface area contributed by atoms with Gasteiger partial charge in [-0.25, -0.2) is 0 Å². The van der Waals surface area contributed by atoms with Gasteiger partial charge in [-0.2, -0.15) is 0 Å². The summed E-state index contributed by atoms with van der Waals surface area (Å²) in [6.07, 6.45) is 0. The molecular weight excluding hydrogens is 400 g/mol. The molecule has 0 saturated carbocycles. The van der Waals surface area contributed by atoms with Crippen LogP contribution in [0, 0.1) is 0 Å². The Balaban J connectivity index is 1.80. The molecule has 1 amide bonds. The van der Waals surface area contributed by atoms with E-state index in [4.69, 9.17) is 21.1 Å². The minimum absolute atomic E-state index is 0.151. The first-order chi connectivity index (χ1) is 14.5. The van der Waals surface area contributed by atoms with Crippen LogP contribution in [-0.2, 0) is 4.79 Å². The molecule has 0 aromatic heterocycles. The minimum atomic E-state index is -0.529. The van der Waals surface area contributed by atoms with Crippen LogP contribution >= 0.6 is 11.6 Å². The van der Waals surface area contributed by atoms with E-state index in [1.54, 1.807) is 26.2 Å². The molecule has 0 aliphatic rings. The van der Waals surface area contributed by atoms with Crippen LogP contribution in [-0.4, -0.2) is 26.2 Å². The van der Waals surface area contributed by atoms with Crippen LogP contribution in [0.1, 0.15) is 24.1 Å². The van der Waals surface area contributed by atoms with Gasteiger partial charge in [0, 0.05) is 6.07 Å². The number of carbonyl (C=O) groups is 1. The Morgan fingerprint density at radius 3 is 1.90 bits per heavy atom. The van der Waals surface area contributed by atoms with Crippen LogP contribution in [0.2, 0.25) is 5.02 Å². The number of rotatable bonds is 8. The van der Waals surface area contributed by atoms with Gasteiger partial charge >= 0.3 is 0 Å². The van der Waals surface area contributed by atoms with E-state index < -0.39 is 6.04 Å². The molecule has 1 unspecified atom stereocenters. The molecule has 3 rings (SSSR count). The Bertz CT molecular complexity index is 941. The molecule has 5 nitrogen and oxygen atoms in total. The van der Waals surface area contributed by atoms with Gasteiger partial charge in [0.25, 0.3) is 0 Å². The van der Waals surface area contributed by atoms with E-state index in [1.165, 1.54) is 7.11 Å². The number of methoxy groups -OCH3 is 2. The average Bonchev–Trinajstić information content (AvgIpc) is 2.78. The van der Waals surface area contributed by atoms with Crippen molar-refractivity contribution in [2.24, 2.45) is 0 Å². The standard InChI is InChI=1S/C24H25ClN2O3/c1-16(26-20-14-19(25)21(29-2)15-22(20)30-3)24(28)27-23(17-10-6-4-7-11-17)18-12-8-5-9-13-18/h4-16,23,26H,1-3H3,(H,27,28). The summed E-state index contributed by atoms with van der Waals surface area (Å²) in [6.45, 7) is 1.79. The number of carbonyl (C=O) groups excluding carboxylic acids is 1. The predicted octanol–water partition coefficient (Wildman–Crippen LogP) is 5.06. The fourth-order valence-electron chi connectivity index (χ4n) is 3.19. The van der Waals surface area contributed by atoms with E-state index in [1.807, 2.05) is 60.7 Å². The van der Waals surface area contributed by atoms with Crippen molar-refractivity contribution in [2.75, 3.05) is 19.5 Å². The highest BCUT2D eigenvalue weighted by molar-refractivity contribution is 6.32. The van der Waals surface area contributed by atoms with Crippen molar-refractivity contribution in [3.05, 3.63) is 88.9 Å². The van der Waals surface area contributed by atoms with E-state index in [0.717, 1.165) is 11.1 Å². The van der Waals surface area contributed by atoms with Crippen molar-refractivity contribution >= 4 is 23.2 Å². The molecular formula is C24H25ClN2O3. The summed E-state index contributed by atoms with van der Waals surface area (Å²) in [7, 11) is 3.09. The maximum atomic E-state index is 13.0. The summed E-state index contributed by atoms with van der Waals surface area (Å²) < 4.78 is 10.6. The Kier molecular flexibility index (Phi) is 7.20. The third-order valence-corrected chi connectivity index (χ3v) is 5.09. The highest BCUT2D eigenvalue weighted by atomic mass is 35.5. The van der Waals surface area contributed by atoms with Gasteiger partial charge in [0.05, 0.1) is 31.0 Å². The second-order valence-corrected chi connectivity index (χ2v) is 7.22. The lowest BCUT2D eigenvalue weighted by atomic mass is 9.98. The zero-order chi connectivity index (χ0) is 21.5. The van der Waals surface area contributed by atoms with E-state index in [2.05, 4.69) is 10.6 Å². The second-order valence-electron chi connectivity index (χ2n) is 6.82. The monoisotopic (exact) mass is 424 g/mol. The van der Waals surface area contributed by atoms with Gasteiger partial charge in [-0.15, -0.1) is 0 Å². The molecule has 0 spiro atoms. The number of anilines is 1. The Morgan fingerprint density at radius 1 is 0.867 bits per heavy atom. The number of ether oxygens (including phenoxy) is 2. The normalized spacial score (nSPS) is 11.6. The van der Waals surface area contributed by atoms with E-state index in [9.17, 15) is 4.79 Å². The highest BCUT2D eigenvalue weighted by Gasteiger charge is 2.22. The molecule has 0 saturated heterocycles. The predicted molar refractivity (Wildman–Crippen MR) is 121 cm³/mol. The molecule has 2 N–H and O–H groups in total. The van der Waals surface area contributed by atoms with Gasteiger partial charge in [-0.05, 0) is 24.1 Å². The zero-order valence-electron chi connectivity index (χ0n) is 17.2. The number of hydrogen-bond acceptors (Lipinski definition) is 4. The van der Waals surface area contributed by atoms with Crippen molar-refractivity contribution in [3.63, 3.8) is 0 Å². The SMILES string of the molecule is COc1cc(OC)c(NC(C)C(=O)NC(c2ccccc2)c2ccccc2)cc1Cl. The molecule has 3 aromatic rings. The lowest BCUT2D eigenvalue weighted by Gasteiger charge is -2.24. The van der Waals surface area contributed by atoms with Crippen molar-refractivity contribution in [1.29, 1.82) is 0 Å². The van der Waals surface area contributed by atoms with Gasteiger partial charge in [0.1, 0.15) is 17.5 Å². The third kappa shape index (κ3) is 5.05. The molecule has 3 aromatic carbocycles. The topological polar surface area (TPSA) is 59.6 Å². The number of hydrogen-bond donors (Lipinski definition) is 2. The van der Waals surface area contributed by atoms with Crippen LogP contribution < -0.4 is 20.1 Å². The maximum absolute atomic E-state index is 13.0. The van der Waals surface area contributed by atoms with Gasteiger partial charge < -0.3 is 20.1 Å². The summed E-state index contributed by atoms with van der Waals surface area (Å²) in [4.78, 5) is 13.0. The zero-order valence-corrected chi connectivity index (χ0v) is 17.9. The lowest BCUT2D eigenvalue weighted by molar-refractivity contribution is -0.122. The van der Waals surface area contributed by atoms with Crippen molar-refractivity contribution in [2.45, 2.75) is 19.0 Å². The smallest absolute Gasteiger partial charge is 0.242 e. The van der Waals surface area contributed by atoms with Crippen LogP contribution in [0.4, 0.5) is 5.69 Å². The fourth-order valence-corrected chi connectivity index (χ4v) is 3.43. The molecule has 1 atom stereocenters. The molecule has 6 heteroatoms. The van der Waals surface area contributed by atoms with Crippen molar-refractivity contribution in [3.8, 4) is 11.5 Å². The summed E-state index contributed by atoms with van der Waals surface area (Å²) in [5.41, 5.74) is 2.63. The first-order valence-electron chi connectivity index (χ1n) is 9.61. The van der Waals surface area contributed by atoms with E-state index in [-0.39, 0.29) is 11.9 Å². The van der Waals surface area contributed by atoms with Gasteiger partial charge in [-0.3, -0.25) is 4.79 Å². The molecule has 156 valence electrons. The molecule has 0 aliphatic carbocycles. The van der Waals surface area contributed by atoms with Crippen LogP contribution in [0.25, 0.3) is 0 Å². The van der Waals surface area contributed by atoms with Gasteiger partial charge in [-0.1, -0.05) is 72.3 Å². The average molecular weight is 425 g/mol. The molecule has 0 aliphatic heterocycles. The Morgan fingerprint density at radius 2 is 1.40 bits per heavy atom. The highest BCUT2D eigenvalue weighted by Crippen LogP contribution is 2.36. The summed E-state index contributed by atoms with van der Waals surface area (Å²) in [5.74, 6) is 0.893. The van der Waals surface area contributed by atoms with Gasteiger partial charge in [0.15, 0.2) is 0 Å². The third-order valence-electron chi connectivity index (χ3n) is 4.79. The summed E-state index contributed by atoms with van der Waals surface area (Å²) in [6, 6.07) is 22.4. The summed E-state index contributed by atoms with van der Waals surface area (Å²) >= 11 is 6.24. The van der Waals surface area contributed by atoms with Gasteiger partial charge in [0.2, 0.25) is 5.91 Å². The van der Waals surface area contributed by atoms with E-state index in [0.29, 0.717) is 22.2 Å². The van der Waals surface area contributed by atoms with Crippen molar-refractivity contribution < 1.29 is 14.3 Å². The Labute approximate surface area is 182 Å². The number of amides is 1. The Hall–Kier alpha value is -3.18. The molecule has 0 radical (unpaired) electrons. The van der Waals surface area contributed by atoms with Crippen LogP contribution in [0.5, 0.6) is 11.5 Å². The fraction of sp³-hybridized carbons (Fsp3) is 0.208. The largest absolute Gasteiger partial charge is 0.495 e. The number of benzene rings is 3. The molecule has 30 heavy (non-hydrogen) atoms. The molecule has 0 bridgehead atoms. The van der Waals surface area contributed by atoms with Crippen LogP contribution in [0.15, 0.2) is 72.8 Å². The second kappa shape index (κ2) is 10.0. The van der Waals surface area contributed by atoms with E-state index >= 15 is 0 Å². The quantitative estimate of drug-likeness (QED) is 0.530. The maximum Gasteiger partial charge on any atom is 0.242 e. The molecule has 0 heterocycles. The van der Waals surface area contributed by atoms with Crippen molar-refractivity contribution in [1.82, 2.24) is 5.32 Å². The first kappa shape index (κ1) is 21.5. The van der Waals surface area contributed by atoms with Crippen LogP contribution in [0.3, 0.4) is 0 Å². The minimum Gasteiger partial charge on any atom is -0.495 e. The number of nitrogens with one attached hydrogen (secondary N) is 2. The lowest BCUT2D eigenvalue weighted by Crippen LogP contribution is -2.40. The molecule has 0 fully saturated rings. The summed E-state index contributed by atoms with van der Waals surface area (Å²) in [5, 5.41) is 6.76. The number of halogens is 1.